The van der Waals surface area contributed by atoms with Crippen LogP contribution < -0.4 is 0 Å². The molecule has 23 heavy (non-hydrogen) atoms. The quantitative estimate of drug-likeness (QED) is 0.682. The minimum absolute atomic E-state index is 0.151. The Labute approximate surface area is 144 Å². The van der Waals surface area contributed by atoms with E-state index in [1.807, 2.05) is 36.4 Å². The fraction of sp³-hybridized carbons (Fsp3) is 0.111. The van der Waals surface area contributed by atoms with Crippen LogP contribution in [0.15, 0.2) is 54.6 Å². The lowest BCUT2D eigenvalue weighted by Gasteiger charge is -2.18. The van der Waals surface area contributed by atoms with Crippen molar-refractivity contribution < 1.29 is 4.79 Å². The summed E-state index contributed by atoms with van der Waals surface area (Å²) in [5, 5.41) is 2.12. The summed E-state index contributed by atoms with van der Waals surface area (Å²) in [6, 6.07) is 16.6. The van der Waals surface area contributed by atoms with Crippen molar-refractivity contribution in [1.82, 2.24) is 9.88 Å². The summed E-state index contributed by atoms with van der Waals surface area (Å²) in [5.41, 5.74) is 2.06. The third kappa shape index (κ3) is 3.46. The summed E-state index contributed by atoms with van der Waals surface area (Å²) in [5.74, 6) is -0.151. The second kappa shape index (κ2) is 6.57. The van der Waals surface area contributed by atoms with Gasteiger partial charge in [-0.15, -0.1) is 0 Å². The summed E-state index contributed by atoms with van der Waals surface area (Å²) >= 11 is 12.1. The Balaban J connectivity index is 1.83. The number of fused-ring (bicyclic) bond motifs is 1. The van der Waals surface area contributed by atoms with Gasteiger partial charge >= 0.3 is 0 Å². The molecule has 0 bridgehead atoms. The highest BCUT2D eigenvalue weighted by Crippen LogP contribution is 2.22. The van der Waals surface area contributed by atoms with Gasteiger partial charge in [-0.2, -0.15) is 0 Å². The number of carbonyl (C=O) groups is 1. The van der Waals surface area contributed by atoms with Crippen LogP contribution in [0.4, 0.5) is 0 Å². The highest BCUT2D eigenvalue weighted by molar-refractivity contribution is 6.35. The van der Waals surface area contributed by atoms with Gasteiger partial charge in [0.2, 0.25) is 0 Å². The van der Waals surface area contributed by atoms with Gasteiger partial charge in [-0.3, -0.25) is 4.79 Å². The summed E-state index contributed by atoms with van der Waals surface area (Å²) in [6.07, 6.45) is 0. The number of carbonyl (C=O) groups excluding carboxylic acids is 1. The first-order valence-corrected chi connectivity index (χ1v) is 7.85. The van der Waals surface area contributed by atoms with Crippen LogP contribution in [-0.4, -0.2) is 22.8 Å². The maximum absolute atomic E-state index is 12.6. The first-order valence-electron chi connectivity index (χ1n) is 7.10. The molecule has 0 fully saturated rings. The van der Waals surface area contributed by atoms with Gasteiger partial charge in [0.15, 0.2) is 0 Å². The number of halogens is 2. The van der Waals surface area contributed by atoms with Crippen LogP contribution in [0.3, 0.4) is 0 Å². The van der Waals surface area contributed by atoms with E-state index >= 15 is 0 Å². The predicted octanol–water partition coefficient (Wildman–Crippen LogP) is 4.81. The average molecular weight is 345 g/mol. The first kappa shape index (κ1) is 15.8. The van der Waals surface area contributed by atoms with Crippen LogP contribution >= 0.6 is 23.2 Å². The first-order chi connectivity index (χ1) is 11.0. The van der Waals surface area contributed by atoms with Crippen molar-refractivity contribution in [1.29, 1.82) is 0 Å². The van der Waals surface area contributed by atoms with Gasteiger partial charge in [-0.1, -0.05) is 53.5 Å². The van der Waals surface area contributed by atoms with E-state index in [0.29, 0.717) is 22.3 Å². The molecule has 1 aromatic heterocycles. The van der Waals surface area contributed by atoms with Crippen LogP contribution in [0.5, 0.6) is 0 Å². The van der Waals surface area contributed by atoms with Crippen molar-refractivity contribution in [2.45, 2.75) is 6.54 Å². The van der Waals surface area contributed by atoms with E-state index in [4.69, 9.17) is 23.2 Å². The lowest BCUT2D eigenvalue weighted by Crippen LogP contribution is -2.27. The molecule has 0 aliphatic carbocycles. The number of amides is 1. The van der Waals surface area contributed by atoms with E-state index in [9.17, 15) is 4.79 Å². The Bertz CT molecular complexity index is 880. The lowest BCUT2D eigenvalue weighted by atomic mass is 10.2. The molecule has 2 aromatic carbocycles. The van der Waals surface area contributed by atoms with Gasteiger partial charge in [0.05, 0.1) is 5.52 Å². The molecule has 0 radical (unpaired) electrons. The highest BCUT2D eigenvalue weighted by Gasteiger charge is 2.15. The lowest BCUT2D eigenvalue weighted by molar-refractivity contribution is 0.0780. The molecule has 0 spiro atoms. The van der Waals surface area contributed by atoms with E-state index < -0.39 is 0 Å². The molecule has 0 N–H and O–H groups in total. The number of aromatic nitrogens is 1. The molecule has 116 valence electrons. The molecular weight excluding hydrogens is 331 g/mol. The maximum atomic E-state index is 12.6. The summed E-state index contributed by atoms with van der Waals surface area (Å²) in [7, 11) is 1.73. The van der Waals surface area contributed by atoms with Gasteiger partial charge in [0.25, 0.3) is 5.91 Å². The zero-order valence-electron chi connectivity index (χ0n) is 12.5. The standard InChI is InChI=1S/C18H14Cl2N2O/c1-22(11-13-6-8-14(19)10-15(13)20)18(23)17-9-7-12-4-2-3-5-16(12)21-17/h2-10H,11H2,1H3. The van der Waals surface area contributed by atoms with Gasteiger partial charge in [-0.25, -0.2) is 4.98 Å². The van der Waals surface area contributed by atoms with E-state index in [0.717, 1.165) is 16.5 Å². The number of nitrogens with zero attached hydrogens (tertiary/aromatic N) is 2. The molecule has 1 heterocycles. The molecule has 0 aliphatic rings. The van der Waals surface area contributed by atoms with Crippen molar-refractivity contribution in [2.24, 2.45) is 0 Å². The summed E-state index contributed by atoms with van der Waals surface area (Å²) in [6.45, 7) is 0.392. The second-order valence-electron chi connectivity index (χ2n) is 5.29. The van der Waals surface area contributed by atoms with Crippen LogP contribution in [0.2, 0.25) is 10.0 Å². The van der Waals surface area contributed by atoms with Crippen LogP contribution in [0.25, 0.3) is 10.9 Å². The van der Waals surface area contributed by atoms with E-state index in [1.165, 1.54) is 0 Å². The fourth-order valence-corrected chi connectivity index (χ4v) is 2.83. The molecule has 3 nitrogen and oxygen atoms in total. The molecule has 0 atom stereocenters. The van der Waals surface area contributed by atoms with Crippen LogP contribution in [0.1, 0.15) is 16.1 Å². The topological polar surface area (TPSA) is 33.2 Å². The largest absolute Gasteiger partial charge is 0.336 e. The van der Waals surface area contributed by atoms with Crippen LogP contribution in [0, 0.1) is 0 Å². The minimum atomic E-state index is -0.151. The van der Waals surface area contributed by atoms with Crippen molar-refractivity contribution in [3.63, 3.8) is 0 Å². The number of pyridine rings is 1. The summed E-state index contributed by atoms with van der Waals surface area (Å²) < 4.78 is 0. The monoisotopic (exact) mass is 344 g/mol. The zero-order valence-corrected chi connectivity index (χ0v) is 14.0. The van der Waals surface area contributed by atoms with Gasteiger partial charge in [0.1, 0.15) is 5.69 Å². The molecule has 0 aliphatic heterocycles. The smallest absolute Gasteiger partial charge is 0.272 e. The molecule has 0 saturated heterocycles. The third-order valence-electron chi connectivity index (χ3n) is 3.59. The Morgan fingerprint density at radius 2 is 1.87 bits per heavy atom. The molecular formula is C18H14Cl2N2O. The van der Waals surface area contributed by atoms with Crippen LogP contribution in [-0.2, 0) is 6.54 Å². The van der Waals surface area contributed by atoms with Gasteiger partial charge in [-0.05, 0) is 29.8 Å². The molecule has 0 saturated carbocycles. The molecule has 3 rings (SSSR count). The normalized spacial score (nSPS) is 10.7. The third-order valence-corrected chi connectivity index (χ3v) is 4.17. The SMILES string of the molecule is CN(Cc1ccc(Cl)cc1Cl)C(=O)c1ccc2ccccc2n1. The zero-order chi connectivity index (χ0) is 16.4. The van der Waals surface area contributed by atoms with Crippen molar-refractivity contribution in [3.8, 4) is 0 Å². The number of hydrogen-bond donors (Lipinski definition) is 0. The van der Waals surface area contributed by atoms with E-state index in [1.54, 1.807) is 30.1 Å². The number of benzene rings is 2. The van der Waals surface area contributed by atoms with Gasteiger partial charge < -0.3 is 4.90 Å². The van der Waals surface area contributed by atoms with Crippen molar-refractivity contribution >= 4 is 40.0 Å². The molecule has 3 aromatic rings. The predicted molar refractivity (Wildman–Crippen MR) is 94.0 cm³/mol. The minimum Gasteiger partial charge on any atom is -0.336 e. The maximum Gasteiger partial charge on any atom is 0.272 e. The average Bonchev–Trinajstić information content (AvgIpc) is 2.56. The number of hydrogen-bond acceptors (Lipinski definition) is 2. The Kier molecular flexibility index (Phi) is 4.51. The number of para-hydroxylation sites is 1. The van der Waals surface area contributed by atoms with E-state index in [-0.39, 0.29) is 5.91 Å². The van der Waals surface area contributed by atoms with Crippen molar-refractivity contribution in [3.05, 3.63) is 75.9 Å². The second-order valence-corrected chi connectivity index (χ2v) is 6.13. The molecule has 0 unspecified atom stereocenters. The van der Waals surface area contributed by atoms with E-state index in [2.05, 4.69) is 4.98 Å². The Hall–Kier alpha value is -2.10. The molecule has 5 heteroatoms. The fourth-order valence-electron chi connectivity index (χ4n) is 2.36. The summed E-state index contributed by atoms with van der Waals surface area (Å²) in [4.78, 5) is 18.6. The Morgan fingerprint density at radius 3 is 2.65 bits per heavy atom. The highest BCUT2D eigenvalue weighted by atomic mass is 35.5. The number of rotatable bonds is 3. The Morgan fingerprint density at radius 1 is 1.09 bits per heavy atom. The van der Waals surface area contributed by atoms with Crippen molar-refractivity contribution in [2.75, 3.05) is 7.05 Å². The molecule has 1 amide bonds. The van der Waals surface area contributed by atoms with Gasteiger partial charge in [0, 0.05) is 29.0 Å².